The van der Waals surface area contributed by atoms with Gasteiger partial charge in [0.1, 0.15) is 11.6 Å². The van der Waals surface area contributed by atoms with E-state index in [1.807, 2.05) is 0 Å². The maximum atomic E-state index is 13.5. The zero-order valence-electron chi connectivity index (χ0n) is 12.7. The Balaban J connectivity index is 1.81. The van der Waals surface area contributed by atoms with E-state index in [4.69, 9.17) is 0 Å². The molecule has 2 atom stereocenters. The third kappa shape index (κ3) is 4.26. The topological polar surface area (TPSA) is 58.2 Å². The fraction of sp³-hybridized carbons (Fsp3) is 0.500. The van der Waals surface area contributed by atoms with Gasteiger partial charge >= 0.3 is 0 Å². The lowest BCUT2D eigenvalue weighted by Gasteiger charge is -2.08. The molecule has 0 bridgehead atoms. The van der Waals surface area contributed by atoms with Crippen LogP contribution in [-0.4, -0.2) is 18.4 Å². The van der Waals surface area contributed by atoms with Crippen LogP contribution >= 0.6 is 0 Å². The van der Waals surface area contributed by atoms with E-state index in [1.54, 1.807) is 0 Å². The second-order valence-electron chi connectivity index (χ2n) is 6.04. The van der Waals surface area contributed by atoms with Crippen molar-refractivity contribution >= 4 is 17.5 Å². The van der Waals surface area contributed by atoms with Gasteiger partial charge in [-0.3, -0.25) is 9.59 Å². The first kappa shape index (κ1) is 16.4. The van der Waals surface area contributed by atoms with Gasteiger partial charge < -0.3 is 10.6 Å². The van der Waals surface area contributed by atoms with Crippen molar-refractivity contribution in [3.8, 4) is 0 Å². The number of anilines is 1. The summed E-state index contributed by atoms with van der Waals surface area (Å²) in [7, 11) is 0. The van der Waals surface area contributed by atoms with Crippen LogP contribution in [0.15, 0.2) is 18.2 Å². The molecule has 1 aromatic carbocycles. The van der Waals surface area contributed by atoms with Gasteiger partial charge in [0.15, 0.2) is 0 Å². The van der Waals surface area contributed by atoms with E-state index < -0.39 is 23.5 Å². The molecule has 0 spiro atoms. The number of hydrogen-bond acceptors (Lipinski definition) is 2. The highest BCUT2D eigenvalue weighted by molar-refractivity contribution is 5.99. The standard InChI is InChI=1S/C16H20F2N2O2/c1-9(2)5-6-19-15(21)11-8-12(11)16(22)20-14-4-3-10(17)7-13(14)18/h3-4,7,9,11-12H,5-6,8H2,1-2H3,(H,19,21)(H,20,22). The van der Waals surface area contributed by atoms with Crippen LogP contribution in [0, 0.1) is 29.4 Å². The highest BCUT2D eigenvalue weighted by Crippen LogP contribution is 2.39. The molecule has 0 aromatic heterocycles. The first-order valence-corrected chi connectivity index (χ1v) is 7.42. The molecule has 1 aliphatic carbocycles. The molecule has 0 aliphatic heterocycles. The van der Waals surface area contributed by atoms with Crippen molar-refractivity contribution in [2.24, 2.45) is 17.8 Å². The molecule has 2 N–H and O–H groups in total. The first-order chi connectivity index (χ1) is 10.4. The molecular weight excluding hydrogens is 290 g/mol. The molecule has 0 heterocycles. The van der Waals surface area contributed by atoms with Crippen LogP contribution in [0.4, 0.5) is 14.5 Å². The molecule has 1 fully saturated rings. The molecule has 1 aromatic rings. The summed E-state index contributed by atoms with van der Waals surface area (Å²) in [6.45, 7) is 4.72. The van der Waals surface area contributed by atoms with Crippen molar-refractivity contribution in [3.05, 3.63) is 29.8 Å². The zero-order chi connectivity index (χ0) is 16.3. The van der Waals surface area contributed by atoms with Gasteiger partial charge in [0.25, 0.3) is 0 Å². The second-order valence-corrected chi connectivity index (χ2v) is 6.04. The summed E-state index contributed by atoms with van der Waals surface area (Å²) >= 11 is 0. The number of carbonyl (C=O) groups is 2. The number of hydrogen-bond donors (Lipinski definition) is 2. The van der Waals surface area contributed by atoms with Gasteiger partial charge in [-0.2, -0.15) is 0 Å². The smallest absolute Gasteiger partial charge is 0.228 e. The number of benzene rings is 1. The highest BCUT2D eigenvalue weighted by atomic mass is 19.1. The third-order valence-corrected chi connectivity index (χ3v) is 3.67. The number of halogens is 2. The van der Waals surface area contributed by atoms with Crippen LogP contribution in [0.1, 0.15) is 26.7 Å². The monoisotopic (exact) mass is 310 g/mol. The quantitative estimate of drug-likeness (QED) is 0.849. The predicted molar refractivity (Wildman–Crippen MR) is 79.0 cm³/mol. The van der Waals surface area contributed by atoms with Crippen LogP contribution in [0.5, 0.6) is 0 Å². The Morgan fingerprint density at radius 3 is 2.55 bits per heavy atom. The SMILES string of the molecule is CC(C)CCNC(=O)C1CC1C(=O)Nc1ccc(F)cc1F. The summed E-state index contributed by atoms with van der Waals surface area (Å²) in [6, 6.07) is 2.95. The molecule has 0 saturated heterocycles. The summed E-state index contributed by atoms with van der Waals surface area (Å²) in [4.78, 5) is 23.8. The Labute approximate surface area is 128 Å². The van der Waals surface area contributed by atoms with Gasteiger partial charge in [0, 0.05) is 12.6 Å². The zero-order valence-corrected chi connectivity index (χ0v) is 12.7. The van der Waals surface area contributed by atoms with Gasteiger partial charge in [-0.15, -0.1) is 0 Å². The highest BCUT2D eigenvalue weighted by Gasteiger charge is 2.48. The molecule has 22 heavy (non-hydrogen) atoms. The lowest BCUT2D eigenvalue weighted by Crippen LogP contribution is -2.29. The summed E-state index contributed by atoms with van der Waals surface area (Å²) in [5.74, 6) is -2.37. The van der Waals surface area contributed by atoms with Crippen LogP contribution in [0.2, 0.25) is 0 Å². The predicted octanol–water partition coefficient (Wildman–Crippen LogP) is 2.70. The lowest BCUT2D eigenvalue weighted by atomic mass is 10.1. The molecule has 6 heteroatoms. The maximum Gasteiger partial charge on any atom is 0.228 e. The molecule has 2 unspecified atom stereocenters. The van der Waals surface area contributed by atoms with Crippen LogP contribution in [0.3, 0.4) is 0 Å². The molecule has 4 nitrogen and oxygen atoms in total. The van der Waals surface area contributed by atoms with Crippen LogP contribution in [-0.2, 0) is 9.59 Å². The average molecular weight is 310 g/mol. The summed E-state index contributed by atoms with van der Waals surface area (Å²) in [5.41, 5.74) is -0.0720. The van der Waals surface area contributed by atoms with Crippen molar-refractivity contribution in [2.45, 2.75) is 26.7 Å². The van der Waals surface area contributed by atoms with Crippen molar-refractivity contribution < 1.29 is 18.4 Å². The van der Waals surface area contributed by atoms with Gasteiger partial charge in [-0.1, -0.05) is 13.8 Å². The summed E-state index contributed by atoms with van der Waals surface area (Å²) in [5, 5.41) is 5.20. The van der Waals surface area contributed by atoms with Gasteiger partial charge in [-0.05, 0) is 30.9 Å². The average Bonchev–Trinajstić information content (AvgIpc) is 3.22. The summed E-state index contributed by atoms with van der Waals surface area (Å²) in [6.07, 6.45) is 1.35. The maximum absolute atomic E-state index is 13.5. The molecule has 2 rings (SSSR count). The molecule has 1 saturated carbocycles. The Morgan fingerprint density at radius 2 is 1.91 bits per heavy atom. The number of amides is 2. The number of carbonyl (C=O) groups excluding carboxylic acids is 2. The molecule has 120 valence electrons. The van der Waals surface area contributed by atoms with E-state index in [0.717, 1.165) is 12.5 Å². The van der Waals surface area contributed by atoms with Crippen molar-refractivity contribution in [1.82, 2.24) is 5.32 Å². The van der Waals surface area contributed by atoms with E-state index in [-0.39, 0.29) is 17.5 Å². The van der Waals surface area contributed by atoms with Crippen molar-refractivity contribution in [2.75, 3.05) is 11.9 Å². The molecule has 0 radical (unpaired) electrons. The molecular formula is C16H20F2N2O2. The fourth-order valence-corrected chi connectivity index (χ4v) is 2.21. The third-order valence-electron chi connectivity index (χ3n) is 3.67. The largest absolute Gasteiger partial charge is 0.356 e. The van der Waals surface area contributed by atoms with Crippen molar-refractivity contribution in [1.29, 1.82) is 0 Å². The van der Waals surface area contributed by atoms with Crippen LogP contribution in [0.25, 0.3) is 0 Å². The number of nitrogens with one attached hydrogen (secondary N) is 2. The molecule has 2 amide bonds. The van der Waals surface area contributed by atoms with E-state index in [2.05, 4.69) is 24.5 Å². The second kappa shape index (κ2) is 6.85. The minimum Gasteiger partial charge on any atom is -0.356 e. The van der Waals surface area contributed by atoms with E-state index in [0.29, 0.717) is 24.9 Å². The Kier molecular flexibility index (Phi) is 5.11. The minimum atomic E-state index is -0.827. The molecule has 1 aliphatic rings. The first-order valence-electron chi connectivity index (χ1n) is 7.42. The van der Waals surface area contributed by atoms with Crippen LogP contribution < -0.4 is 10.6 Å². The normalized spacial score (nSPS) is 19.9. The van der Waals surface area contributed by atoms with E-state index in [9.17, 15) is 18.4 Å². The fourth-order valence-electron chi connectivity index (χ4n) is 2.21. The van der Waals surface area contributed by atoms with Gasteiger partial charge in [0.05, 0.1) is 17.5 Å². The van der Waals surface area contributed by atoms with Crippen molar-refractivity contribution in [3.63, 3.8) is 0 Å². The Bertz CT molecular complexity index is 575. The Hall–Kier alpha value is -1.98. The summed E-state index contributed by atoms with van der Waals surface area (Å²) < 4.78 is 26.3. The van der Waals surface area contributed by atoms with E-state index in [1.165, 1.54) is 6.07 Å². The van der Waals surface area contributed by atoms with Gasteiger partial charge in [0.2, 0.25) is 11.8 Å². The lowest BCUT2D eigenvalue weighted by molar-refractivity contribution is -0.125. The van der Waals surface area contributed by atoms with Gasteiger partial charge in [-0.25, -0.2) is 8.78 Å². The minimum absolute atomic E-state index is 0.0720. The number of rotatable bonds is 6. The Morgan fingerprint density at radius 1 is 1.23 bits per heavy atom. The van der Waals surface area contributed by atoms with E-state index >= 15 is 0 Å².